The number of rotatable bonds is 12. The van der Waals surface area contributed by atoms with Crippen molar-refractivity contribution < 1.29 is 14.4 Å². The van der Waals surface area contributed by atoms with E-state index in [1.165, 1.54) is 23.7 Å². The molecule has 2 heterocycles. The molecule has 4 rings (SSSR count). The first-order valence-electron chi connectivity index (χ1n) is 12.9. The van der Waals surface area contributed by atoms with Gasteiger partial charge in [-0.3, -0.25) is 9.48 Å². The Bertz CT molecular complexity index is 1300. The molecule has 1 amide bonds. The van der Waals surface area contributed by atoms with Crippen molar-refractivity contribution in [3.05, 3.63) is 64.8 Å². The topological polar surface area (TPSA) is 72.3 Å². The molecule has 0 N–H and O–H groups in total. The summed E-state index contributed by atoms with van der Waals surface area (Å²) >= 11 is 0. The molecular formula is C30H33N3O3. The molecule has 1 atom stereocenters. The van der Waals surface area contributed by atoms with Crippen molar-refractivity contribution in [2.24, 2.45) is 0 Å². The van der Waals surface area contributed by atoms with Gasteiger partial charge in [-0.25, -0.2) is 0 Å². The van der Waals surface area contributed by atoms with Gasteiger partial charge < -0.3 is 14.5 Å². The lowest BCUT2D eigenvalue weighted by Crippen LogP contribution is -2.36. The van der Waals surface area contributed by atoms with E-state index in [2.05, 4.69) is 52.8 Å². The van der Waals surface area contributed by atoms with E-state index in [1.54, 1.807) is 11.0 Å². The number of aldehydes is 2. The minimum Gasteiger partial charge on any atom is -0.324 e. The smallest absolute Gasteiger partial charge is 0.255 e. The summed E-state index contributed by atoms with van der Waals surface area (Å²) in [5, 5.41) is 5.92. The highest BCUT2D eigenvalue weighted by molar-refractivity contribution is 6.00. The molecule has 0 saturated carbocycles. The largest absolute Gasteiger partial charge is 0.324 e. The second-order valence-corrected chi connectivity index (χ2v) is 9.36. The molecule has 1 aliphatic heterocycles. The number of benzene rings is 2. The maximum atomic E-state index is 12.8. The van der Waals surface area contributed by atoms with Gasteiger partial charge in [0.05, 0.1) is 17.3 Å². The number of para-hydroxylation sites is 1. The van der Waals surface area contributed by atoms with Crippen molar-refractivity contribution in [1.82, 2.24) is 14.7 Å². The number of unbranched alkanes of at least 4 members (excludes halogenated alkanes) is 5. The molecule has 1 aliphatic rings. The fraction of sp³-hybridized carbons (Fsp3) is 0.400. The number of aromatic nitrogens is 2. The van der Waals surface area contributed by atoms with Crippen molar-refractivity contribution in [2.75, 3.05) is 0 Å². The third kappa shape index (κ3) is 5.73. The second kappa shape index (κ2) is 12.3. The van der Waals surface area contributed by atoms with E-state index < -0.39 is 6.04 Å². The van der Waals surface area contributed by atoms with Gasteiger partial charge in [-0.05, 0) is 49.9 Å². The Morgan fingerprint density at radius 1 is 1.03 bits per heavy atom. The van der Waals surface area contributed by atoms with Crippen LogP contribution in [0.15, 0.2) is 42.5 Å². The number of hydrogen-bond donors (Lipinski definition) is 0. The van der Waals surface area contributed by atoms with Gasteiger partial charge in [-0.1, -0.05) is 55.4 Å². The van der Waals surface area contributed by atoms with Crippen LogP contribution >= 0.6 is 0 Å². The maximum Gasteiger partial charge on any atom is 0.255 e. The number of carbonyl (C=O) groups excluding carboxylic acids is 3. The quantitative estimate of drug-likeness (QED) is 0.201. The molecule has 186 valence electrons. The van der Waals surface area contributed by atoms with Gasteiger partial charge in [-0.2, -0.15) is 5.10 Å². The average Bonchev–Trinajstić information content (AvgIpc) is 3.41. The Balaban J connectivity index is 1.21. The molecular weight excluding hydrogens is 450 g/mol. The van der Waals surface area contributed by atoms with E-state index in [4.69, 9.17) is 0 Å². The first kappa shape index (κ1) is 25.4. The van der Waals surface area contributed by atoms with Crippen LogP contribution in [0.1, 0.15) is 78.5 Å². The van der Waals surface area contributed by atoms with Crippen molar-refractivity contribution in [3.8, 4) is 11.8 Å². The average molecular weight is 484 g/mol. The number of fused-ring (bicyclic) bond motifs is 2. The highest BCUT2D eigenvalue weighted by Gasteiger charge is 2.33. The minimum absolute atomic E-state index is 0.157. The van der Waals surface area contributed by atoms with Gasteiger partial charge in [-0.15, -0.1) is 0 Å². The lowest BCUT2D eigenvalue weighted by atomic mass is 10.0. The number of carbonyl (C=O) groups is 3. The molecule has 0 spiro atoms. The summed E-state index contributed by atoms with van der Waals surface area (Å²) in [6.07, 6.45) is 8.64. The summed E-state index contributed by atoms with van der Waals surface area (Å²) in [6.45, 7) is 3.38. The molecule has 1 unspecified atom stereocenters. The predicted molar refractivity (Wildman–Crippen MR) is 141 cm³/mol. The van der Waals surface area contributed by atoms with Crippen LogP contribution in [0.3, 0.4) is 0 Å². The van der Waals surface area contributed by atoms with Crippen LogP contribution < -0.4 is 0 Å². The van der Waals surface area contributed by atoms with E-state index in [0.29, 0.717) is 18.5 Å². The first-order valence-corrected chi connectivity index (χ1v) is 12.9. The summed E-state index contributed by atoms with van der Waals surface area (Å²) in [5.41, 5.74) is 4.65. The SMILES string of the molecule is Cc1nn(CCCCCCCC#Cc2cccc3c2CN(C(C=O)CCC=O)C3=O)c2ccccc12. The van der Waals surface area contributed by atoms with E-state index in [0.717, 1.165) is 61.6 Å². The highest BCUT2D eigenvalue weighted by Crippen LogP contribution is 2.28. The summed E-state index contributed by atoms with van der Waals surface area (Å²) in [7, 11) is 0. The molecule has 6 nitrogen and oxygen atoms in total. The van der Waals surface area contributed by atoms with Crippen molar-refractivity contribution >= 4 is 29.4 Å². The van der Waals surface area contributed by atoms with Gasteiger partial charge in [0.1, 0.15) is 12.6 Å². The number of hydrogen-bond acceptors (Lipinski definition) is 4. The Morgan fingerprint density at radius 2 is 1.83 bits per heavy atom. The fourth-order valence-corrected chi connectivity index (χ4v) is 4.90. The van der Waals surface area contributed by atoms with Gasteiger partial charge in [0.15, 0.2) is 0 Å². The zero-order valence-corrected chi connectivity index (χ0v) is 20.9. The molecule has 0 saturated heterocycles. The van der Waals surface area contributed by atoms with Crippen LogP contribution in [0.2, 0.25) is 0 Å². The number of nitrogens with zero attached hydrogens (tertiary/aromatic N) is 3. The van der Waals surface area contributed by atoms with Gasteiger partial charge in [0.2, 0.25) is 0 Å². The molecule has 0 bridgehead atoms. The summed E-state index contributed by atoms with van der Waals surface area (Å²) in [6, 6.07) is 13.4. The number of amides is 1. The standard InChI is InChI=1S/C30H33N3O3/c1-23-26-16-8-9-18-29(26)33(31-23)19-10-6-4-2-3-5-7-13-24-14-11-17-27-28(24)21-32(30(27)36)25(22-35)15-12-20-34/h8-9,11,14,16-18,20,22,25H,2-6,10,12,15,19,21H2,1H3. The zero-order valence-electron chi connectivity index (χ0n) is 20.9. The Hall–Kier alpha value is -3.72. The lowest BCUT2D eigenvalue weighted by molar-refractivity contribution is -0.112. The molecule has 3 aromatic rings. The van der Waals surface area contributed by atoms with Crippen LogP contribution in [-0.4, -0.2) is 39.2 Å². The van der Waals surface area contributed by atoms with Crippen molar-refractivity contribution in [3.63, 3.8) is 0 Å². The molecule has 0 aliphatic carbocycles. The maximum absolute atomic E-state index is 12.8. The van der Waals surface area contributed by atoms with Crippen molar-refractivity contribution in [1.29, 1.82) is 0 Å². The summed E-state index contributed by atoms with van der Waals surface area (Å²) < 4.78 is 2.12. The number of aryl methyl sites for hydroxylation is 2. The summed E-state index contributed by atoms with van der Waals surface area (Å²) in [5.74, 6) is 6.36. The third-order valence-corrected chi connectivity index (χ3v) is 6.87. The Morgan fingerprint density at radius 3 is 2.67 bits per heavy atom. The first-order chi connectivity index (χ1) is 17.6. The third-order valence-electron chi connectivity index (χ3n) is 6.87. The van der Waals surface area contributed by atoms with E-state index in [9.17, 15) is 14.4 Å². The zero-order chi connectivity index (χ0) is 25.3. The van der Waals surface area contributed by atoms with Crippen LogP contribution in [0.25, 0.3) is 10.9 Å². The molecule has 36 heavy (non-hydrogen) atoms. The monoisotopic (exact) mass is 483 g/mol. The van der Waals surface area contributed by atoms with Crippen LogP contribution in [0.4, 0.5) is 0 Å². The van der Waals surface area contributed by atoms with E-state index in [-0.39, 0.29) is 12.3 Å². The van der Waals surface area contributed by atoms with Gasteiger partial charge >= 0.3 is 0 Å². The fourth-order valence-electron chi connectivity index (χ4n) is 4.90. The second-order valence-electron chi connectivity index (χ2n) is 9.36. The molecule has 1 aromatic heterocycles. The van der Waals surface area contributed by atoms with Crippen LogP contribution in [0, 0.1) is 18.8 Å². The summed E-state index contributed by atoms with van der Waals surface area (Å²) in [4.78, 5) is 36.6. The molecule has 6 heteroatoms. The van der Waals surface area contributed by atoms with Crippen molar-refractivity contribution in [2.45, 2.75) is 77.4 Å². The van der Waals surface area contributed by atoms with E-state index >= 15 is 0 Å². The molecule has 0 radical (unpaired) electrons. The Labute approximate surface area is 212 Å². The molecule has 0 fully saturated rings. The van der Waals surface area contributed by atoms with Gasteiger partial charge in [0, 0.05) is 42.4 Å². The lowest BCUT2D eigenvalue weighted by Gasteiger charge is -2.22. The minimum atomic E-state index is -0.577. The predicted octanol–water partition coefficient (Wildman–Crippen LogP) is 5.24. The normalized spacial score (nSPS) is 13.4. The Kier molecular flexibility index (Phi) is 8.67. The van der Waals surface area contributed by atoms with Crippen LogP contribution in [-0.2, 0) is 22.7 Å². The van der Waals surface area contributed by atoms with E-state index in [1.807, 2.05) is 12.1 Å². The van der Waals surface area contributed by atoms with Crippen LogP contribution in [0.5, 0.6) is 0 Å². The van der Waals surface area contributed by atoms with Gasteiger partial charge in [0.25, 0.3) is 5.91 Å². The molecule has 2 aromatic carbocycles. The highest BCUT2D eigenvalue weighted by atomic mass is 16.2.